The lowest BCUT2D eigenvalue weighted by atomic mass is 10.1. The zero-order valence-electron chi connectivity index (χ0n) is 17.0. The van der Waals surface area contributed by atoms with Crippen LogP contribution in [0.1, 0.15) is 30.3 Å². The molecule has 3 heterocycles. The predicted molar refractivity (Wildman–Crippen MR) is 120 cm³/mol. The van der Waals surface area contributed by atoms with Gasteiger partial charge in [0, 0.05) is 36.8 Å². The molecule has 0 saturated heterocycles. The minimum absolute atomic E-state index is 0.0303. The van der Waals surface area contributed by atoms with Gasteiger partial charge in [0.25, 0.3) is 5.91 Å². The normalized spacial score (nSPS) is 11.1. The SMILES string of the molecule is CCCCN(C)c1nc2ccccc2cc1-c1cc(=O)c2c(C(N)=O)nccc2[nH]1. The van der Waals surface area contributed by atoms with Gasteiger partial charge in [0.05, 0.1) is 22.1 Å². The third kappa shape index (κ3) is 3.50. The number of hydrogen-bond donors (Lipinski definition) is 2. The zero-order chi connectivity index (χ0) is 21.3. The van der Waals surface area contributed by atoms with Crippen molar-refractivity contribution in [2.75, 3.05) is 18.5 Å². The quantitative estimate of drug-likeness (QED) is 0.515. The third-order valence-corrected chi connectivity index (χ3v) is 5.18. The van der Waals surface area contributed by atoms with Crippen LogP contribution in [0, 0.1) is 0 Å². The monoisotopic (exact) mass is 401 g/mol. The molecule has 0 fully saturated rings. The summed E-state index contributed by atoms with van der Waals surface area (Å²) in [7, 11) is 2.00. The van der Waals surface area contributed by atoms with Crippen molar-refractivity contribution in [2.45, 2.75) is 19.8 Å². The fraction of sp³-hybridized carbons (Fsp3) is 0.217. The number of benzene rings is 1. The highest BCUT2D eigenvalue weighted by atomic mass is 16.1. The maximum absolute atomic E-state index is 12.9. The molecule has 0 radical (unpaired) electrons. The molecular weight excluding hydrogens is 378 g/mol. The van der Waals surface area contributed by atoms with E-state index in [-0.39, 0.29) is 16.5 Å². The van der Waals surface area contributed by atoms with Crippen molar-refractivity contribution in [3.8, 4) is 11.3 Å². The largest absolute Gasteiger partial charge is 0.364 e. The summed E-state index contributed by atoms with van der Waals surface area (Å²) in [5.41, 5.74) is 7.92. The number of nitrogens with two attached hydrogens (primary N) is 1. The molecule has 0 saturated carbocycles. The van der Waals surface area contributed by atoms with Crippen molar-refractivity contribution in [2.24, 2.45) is 5.73 Å². The highest BCUT2D eigenvalue weighted by Crippen LogP contribution is 2.31. The smallest absolute Gasteiger partial charge is 0.268 e. The average Bonchev–Trinajstić information content (AvgIpc) is 2.75. The fourth-order valence-corrected chi connectivity index (χ4v) is 3.63. The van der Waals surface area contributed by atoms with Crippen LogP contribution in [-0.4, -0.2) is 34.5 Å². The second-order valence-electron chi connectivity index (χ2n) is 7.32. The summed E-state index contributed by atoms with van der Waals surface area (Å²) in [5.74, 6) is 0.0625. The highest BCUT2D eigenvalue weighted by Gasteiger charge is 2.17. The van der Waals surface area contributed by atoms with Gasteiger partial charge in [-0.3, -0.25) is 14.6 Å². The van der Waals surface area contributed by atoms with E-state index in [1.165, 1.54) is 12.3 Å². The van der Waals surface area contributed by atoms with Crippen LogP contribution in [0.15, 0.2) is 53.5 Å². The first-order valence-electron chi connectivity index (χ1n) is 9.92. The first kappa shape index (κ1) is 19.6. The number of primary amides is 1. The fourth-order valence-electron chi connectivity index (χ4n) is 3.63. The van der Waals surface area contributed by atoms with Crippen LogP contribution < -0.4 is 16.1 Å². The van der Waals surface area contributed by atoms with Gasteiger partial charge >= 0.3 is 0 Å². The van der Waals surface area contributed by atoms with Gasteiger partial charge in [-0.15, -0.1) is 0 Å². The van der Waals surface area contributed by atoms with Gasteiger partial charge in [-0.1, -0.05) is 31.5 Å². The first-order valence-corrected chi connectivity index (χ1v) is 9.92. The van der Waals surface area contributed by atoms with Crippen LogP contribution in [0.5, 0.6) is 0 Å². The molecule has 0 aliphatic rings. The second kappa shape index (κ2) is 7.94. The number of carbonyl (C=O) groups excluding carboxylic acids is 1. The van der Waals surface area contributed by atoms with E-state index in [0.717, 1.165) is 41.7 Å². The molecule has 4 rings (SSSR count). The lowest BCUT2D eigenvalue weighted by molar-refractivity contribution is 0.0997. The molecule has 0 aliphatic heterocycles. The maximum atomic E-state index is 12.9. The molecular formula is C23H23N5O2. The molecule has 1 aromatic carbocycles. The van der Waals surface area contributed by atoms with Gasteiger partial charge in [0.1, 0.15) is 11.5 Å². The Balaban J connectivity index is 1.97. The van der Waals surface area contributed by atoms with E-state index in [0.29, 0.717) is 11.2 Å². The molecule has 30 heavy (non-hydrogen) atoms. The Morgan fingerprint density at radius 1 is 1.20 bits per heavy atom. The van der Waals surface area contributed by atoms with Crippen LogP contribution in [0.2, 0.25) is 0 Å². The molecule has 0 unspecified atom stereocenters. The van der Waals surface area contributed by atoms with Gasteiger partial charge in [-0.2, -0.15) is 0 Å². The summed E-state index contributed by atoms with van der Waals surface area (Å²) < 4.78 is 0. The lowest BCUT2D eigenvalue weighted by Crippen LogP contribution is -2.21. The third-order valence-electron chi connectivity index (χ3n) is 5.18. The molecule has 0 spiro atoms. The Kier molecular flexibility index (Phi) is 5.18. The number of hydrogen-bond acceptors (Lipinski definition) is 5. The topological polar surface area (TPSA) is 105 Å². The minimum atomic E-state index is -0.730. The summed E-state index contributed by atoms with van der Waals surface area (Å²) in [6, 6.07) is 13.1. The number of rotatable bonds is 6. The summed E-state index contributed by atoms with van der Waals surface area (Å²) >= 11 is 0. The van der Waals surface area contributed by atoms with E-state index in [9.17, 15) is 9.59 Å². The van der Waals surface area contributed by atoms with Crippen LogP contribution in [0.4, 0.5) is 5.82 Å². The maximum Gasteiger partial charge on any atom is 0.268 e. The number of para-hydroxylation sites is 1. The van der Waals surface area contributed by atoms with Crippen LogP contribution >= 0.6 is 0 Å². The van der Waals surface area contributed by atoms with E-state index in [1.807, 2.05) is 37.4 Å². The predicted octanol–water partition coefficient (Wildman–Crippen LogP) is 3.47. The number of H-pyrrole nitrogens is 1. The molecule has 7 heteroatoms. The Labute approximate surface area is 173 Å². The zero-order valence-corrected chi connectivity index (χ0v) is 17.0. The van der Waals surface area contributed by atoms with E-state index >= 15 is 0 Å². The molecule has 3 N–H and O–H groups in total. The van der Waals surface area contributed by atoms with E-state index in [2.05, 4.69) is 21.8 Å². The van der Waals surface area contributed by atoms with Gasteiger partial charge in [0.15, 0.2) is 5.43 Å². The summed E-state index contributed by atoms with van der Waals surface area (Å²) in [5, 5.41) is 1.18. The van der Waals surface area contributed by atoms with Gasteiger partial charge in [-0.05, 0) is 24.6 Å². The Morgan fingerprint density at radius 3 is 2.77 bits per heavy atom. The number of anilines is 1. The number of amides is 1. The molecule has 0 aliphatic carbocycles. The number of unbranched alkanes of at least 4 members (excludes halogenated alkanes) is 1. The van der Waals surface area contributed by atoms with Crippen LogP contribution in [0.25, 0.3) is 33.1 Å². The number of aromatic nitrogens is 3. The van der Waals surface area contributed by atoms with E-state index in [1.54, 1.807) is 6.07 Å². The Morgan fingerprint density at radius 2 is 2.00 bits per heavy atom. The van der Waals surface area contributed by atoms with E-state index in [4.69, 9.17) is 10.7 Å². The Hall–Kier alpha value is -3.74. The molecule has 152 valence electrons. The van der Waals surface area contributed by atoms with Gasteiger partial charge in [-0.25, -0.2) is 4.98 Å². The van der Waals surface area contributed by atoms with Gasteiger partial charge < -0.3 is 15.6 Å². The number of carbonyl (C=O) groups is 1. The number of fused-ring (bicyclic) bond motifs is 2. The average molecular weight is 401 g/mol. The van der Waals surface area contributed by atoms with Crippen molar-refractivity contribution in [1.29, 1.82) is 0 Å². The minimum Gasteiger partial charge on any atom is -0.364 e. The standard InChI is InChI=1S/C23H23N5O2/c1-3-4-11-28(2)23-15(12-14-7-5-6-8-16(14)27-23)18-13-19(29)20-17(26-18)9-10-25-21(20)22(24)30/h5-10,12-13H,3-4,11H2,1-2H3,(H2,24,30)(H,26,29). The molecule has 3 aromatic heterocycles. The van der Waals surface area contributed by atoms with Crippen LogP contribution in [-0.2, 0) is 0 Å². The second-order valence-corrected chi connectivity index (χ2v) is 7.32. The van der Waals surface area contributed by atoms with Crippen molar-refractivity contribution in [1.82, 2.24) is 15.0 Å². The molecule has 0 atom stereocenters. The number of nitrogens with zero attached hydrogens (tertiary/aromatic N) is 3. The summed E-state index contributed by atoms with van der Waals surface area (Å²) in [6.07, 6.45) is 3.57. The van der Waals surface area contributed by atoms with Crippen molar-refractivity contribution in [3.05, 3.63) is 64.6 Å². The highest BCUT2D eigenvalue weighted by molar-refractivity contribution is 6.04. The number of nitrogens with one attached hydrogen (secondary N) is 1. The van der Waals surface area contributed by atoms with Crippen molar-refractivity contribution < 1.29 is 4.79 Å². The number of pyridine rings is 3. The molecule has 0 bridgehead atoms. The van der Waals surface area contributed by atoms with Crippen molar-refractivity contribution in [3.63, 3.8) is 0 Å². The lowest BCUT2D eigenvalue weighted by Gasteiger charge is -2.22. The molecule has 4 aromatic rings. The molecule has 1 amide bonds. The molecule has 7 nitrogen and oxygen atoms in total. The summed E-state index contributed by atoms with van der Waals surface area (Å²) in [6.45, 7) is 3.00. The van der Waals surface area contributed by atoms with Crippen molar-refractivity contribution >= 4 is 33.5 Å². The Bertz CT molecular complexity index is 1310. The van der Waals surface area contributed by atoms with Crippen LogP contribution in [0.3, 0.4) is 0 Å². The summed E-state index contributed by atoms with van der Waals surface area (Å²) in [4.78, 5) is 38.9. The first-order chi connectivity index (χ1) is 14.5. The van der Waals surface area contributed by atoms with E-state index < -0.39 is 5.91 Å². The van der Waals surface area contributed by atoms with Gasteiger partial charge in [0.2, 0.25) is 0 Å². The number of aromatic amines is 1.